The average molecular weight is 304 g/mol. The summed E-state index contributed by atoms with van der Waals surface area (Å²) >= 11 is 0. The van der Waals surface area contributed by atoms with Crippen molar-refractivity contribution < 1.29 is 13.6 Å². The molecule has 112 valence electrons. The molecule has 0 N–H and O–H groups in total. The lowest BCUT2D eigenvalue weighted by Crippen LogP contribution is -2.25. The molecule has 0 unspecified atom stereocenters. The first-order valence-corrected chi connectivity index (χ1v) is 8.60. The van der Waals surface area contributed by atoms with E-state index >= 15 is 0 Å². The van der Waals surface area contributed by atoms with Crippen molar-refractivity contribution in [1.82, 2.24) is 0 Å². The van der Waals surface area contributed by atoms with Gasteiger partial charge in [-0.25, -0.2) is 4.57 Å². The van der Waals surface area contributed by atoms with Crippen LogP contribution in [0.15, 0.2) is 60.7 Å². The van der Waals surface area contributed by atoms with Crippen molar-refractivity contribution in [1.29, 1.82) is 0 Å². The minimum absolute atomic E-state index is 0.554. The minimum atomic E-state index is -3.37. The second-order valence-electron chi connectivity index (χ2n) is 5.47. The molecule has 2 aromatic rings. The Bertz CT molecular complexity index is 563. The highest BCUT2D eigenvalue weighted by Gasteiger charge is 2.45. The Morgan fingerprint density at radius 3 is 1.57 bits per heavy atom. The summed E-state index contributed by atoms with van der Waals surface area (Å²) < 4.78 is 25.0. The molecule has 0 saturated carbocycles. The van der Waals surface area contributed by atoms with Gasteiger partial charge in [-0.05, 0) is 44.5 Å². The molecule has 2 aromatic carbocycles. The number of rotatable bonds is 6. The third-order valence-corrected chi connectivity index (χ3v) is 6.25. The summed E-state index contributed by atoms with van der Waals surface area (Å²) in [4.78, 5) is 0. The largest absolute Gasteiger partial charge is 0.436 e. The predicted molar refractivity (Wildman–Crippen MR) is 86.1 cm³/mol. The molecule has 0 radical (unpaired) electrons. The summed E-state index contributed by atoms with van der Waals surface area (Å²) in [6.45, 7) is 5.79. The van der Waals surface area contributed by atoms with Crippen LogP contribution in [0.2, 0.25) is 0 Å². The normalized spacial score (nSPS) is 12.0. The molecule has 0 heterocycles. The zero-order valence-corrected chi connectivity index (χ0v) is 13.5. The number of hydrogen-bond acceptors (Lipinski definition) is 3. The van der Waals surface area contributed by atoms with Gasteiger partial charge in [0, 0.05) is 0 Å². The van der Waals surface area contributed by atoms with E-state index in [1.807, 2.05) is 57.2 Å². The summed E-state index contributed by atoms with van der Waals surface area (Å²) in [7, 11) is -3.37. The molecule has 0 spiro atoms. The highest BCUT2D eigenvalue weighted by molar-refractivity contribution is 7.56. The van der Waals surface area contributed by atoms with Gasteiger partial charge >= 0.3 is 7.60 Å². The first kappa shape index (κ1) is 15.7. The second-order valence-corrected chi connectivity index (χ2v) is 8.04. The maximum absolute atomic E-state index is 13.4. The van der Waals surface area contributed by atoms with Crippen molar-refractivity contribution >= 4 is 7.60 Å². The van der Waals surface area contributed by atoms with Crippen molar-refractivity contribution in [3.05, 3.63) is 60.7 Å². The van der Waals surface area contributed by atoms with Crippen molar-refractivity contribution in [3.63, 3.8) is 0 Å². The highest BCUT2D eigenvalue weighted by atomic mass is 31.2. The predicted octanol–water partition coefficient (Wildman–Crippen LogP) is 5.53. The van der Waals surface area contributed by atoms with Crippen molar-refractivity contribution in [2.75, 3.05) is 0 Å². The molecule has 0 saturated heterocycles. The fourth-order valence-corrected chi connectivity index (χ4v) is 3.42. The summed E-state index contributed by atoms with van der Waals surface area (Å²) in [5, 5.41) is -0.585. The first-order chi connectivity index (χ1) is 9.97. The molecule has 3 nitrogen and oxygen atoms in total. The Kier molecular flexibility index (Phi) is 4.74. The molecule has 0 amide bonds. The molecule has 0 atom stereocenters. The van der Waals surface area contributed by atoms with E-state index in [1.165, 1.54) is 0 Å². The lowest BCUT2D eigenvalue weighted by Gasteiger charge is -2.32. The standard InChI is InChI=1S/C17H21O3P/c1-4-17(2,3)21(18,19-15-11-7-5-8-12-15)20-16-13-9-6-10-14-16/h5-14H,4H2,1-3H3. The maximum atomic E-state index is 13.4. The van der Waals surface area contributed by atoms with E-state index in [0.717, 1.165) is 0 Å². The van der Waals surface area contributed by atoms with Gasteiger partial charge in [-0.15, -0.1) is 0 Å². The highest BCUT2D eigenvalue weighted by Crippen LogP contribution is 2.60. The van der Waals surface area contributed by atoms with Gasteiger partial charge in [0.25, 0.3) is 0 Å². The monoisotopic (exact) mass is 304 g/mol. The minimum Gasteiger partial charge on any atom is -0.416 e. The molecule has 4 heteroatoms. The first-order valence-electron chi connectivity index (χ1n) is 7.06. The van der Waals surface area contributed by atoms with E-state index in [0.29, 0.717) is 17.9 Å². The van der Waals surface area contributed by atoms with Crippen LogP contribution in [0.25, 0.3) is 0 Å². The fourth-order valence-electron chi connectivity index (χ4n) is 1.70. The van der Waals surface area contributed by atoms with E-state index < -0.39 is 12.8 Å². The van der Waals surface area contributed by atoms with Crippen LogP contribution in [-0.4, -0.2) is 5.16 Å². The van der Waals surface area contributed by atoms with Gasteiger partial charge in [0.05, 0.1) is 5.16 Å². The molecule has 0 aromatic heterocycles. The number of benzene rings is 2. The van der Waals surface area contributed by atoms with Gasteiger partial charge in [-0.3, -0.25) is 0 Å². The fraction of sp³-hybridized carbons (Fsp3) is 0.294. The second kappa shape index (κ2) is 6.36. The van der Waals surface area contributed by atoms with Crippen molar-refractivity contribution in [2.45, 2.75) is 32.3 Å². The van der Waals surface area contributed by atoms with E-state index in [1.54, 1.807) is 24.3 Å². The third kappa shape index (κ3) is 3.68. The maximum Gasteiger partial charge on any atom is 0.436 e. The van der Waals surface area contributed by atoms with Crippen LogP contribution in [0.3, 0.4) is 0 Å². The molecule has 0 aliphatic rings. The summed E-state index contributed by atoms with van der Waals surface area (Å²) in [5.41, 5.74) is 0. The Balaban J connectivity index is 2.33. The van der Waals surface area contributed by atoms with Crippen LogP contribution in [0.5, 0.6) is 11.5 Å². The van der Waals surface area contributed by atoms with Gasteiger partial charge in [-0.2, -0.15) is 0 Å². The van der Waals surface area contributed by atoms with Crippen LogP contribution >= 0.6 is 7.60 Å². The van der Waals surface area contributed by atoms with Gasteiger partial charge < -0.3 is 9.05 Å². The van der Waals surface area contributed by atoms with Crippen molar-refractivity contribution in [2.24, 2.45) is 0 Å². The van der Waals surface area contributed by atoms with Gasteiger partial charge in [0.15, 0.2) is 0 Å². The number of hydrogen-bond donors (Lipinski definition) is 0. The van der Waals surface area contributed by atoms with Crippen molar-refractivity contribution in [3.8, 4) is 11.5 Å². The topological polar surface area (TPSA) is 35.5 Å². The molecule has 0 bridgehead atoms. The van der Waals surface area contributed by atoms with Gasteiger partial charge in [0.1, 0.15) is 11.5 Å². The SMILES string of the molecule is CCC(C)(C)P(=O)(Oc1ccccc1)Oc1ccccc1. The van der Waals surface area contributed by atoms with Crippen LogP contribution in [0, 0.1) is 0 Å². The molecule has 0 fully saturated rings. The zero-order chi connectivity index (χ0) is 15.3. The molecular formula is C17H21O3P. The molecule has 0 aliphatic heterocycles. The van der Waals surface area contributed by atoms with Crippen LogP contribution < -0.4 is 9.05 Å². The summed E-state index contributed by atoms with van der Waals surface area (Å²) in [5.74, 6) is 1.11. The van der Waals surface area contributed by atoms with E-state index in [2.05, 4.69) is 0 Å². The lowest BCUT2D eigenvalue weighted by atomic mass is 10.1. The van der Waals surface area contributed by atoms with E-state index in [4.69, 9.17) is 9.05 Å². The molecule has 0 aliphatic carbocycles. The Morgan fingerprint density at radius 1 is 0.857 bits per heavy atom. The Hall–Kier alpha value is -1.73. The van der Waals surface area contributed by atoms with E-state index in [9.17, 15) is 4.57 Å². The van der Waals surface area contributed by atoms with E-state index in [-0.39, 0.29) is 0 Å². The Labute approximate surface area is 126 Å². The Morgan fingerprint density at radius 2 is 1.24 bits per heavy atom. The average Bonchev–Trinajstić information content (AvgIpc) is 2.49. The van der Waals surface area contributed by atoms with Crippen LogP contribution in [0.1, 0.15) is 27.2 Å². The third-order valence-electron chi connectivity index (χ3n) is 3.54. The lowest BCUT2D eigenvalue weighted by molar-refractivity contribution is 0.347. The number of para-hydroxylation sites is 2. The van der Waals surface area contributed by atoms with Crippen LogP contribution in [0.4, 0.5) is 0 Å². The quantitative estimate of drug-likeness (QED) is 0.658. The molecule has 21 heavy (non-hydrogen) atoms. The zero-order valence-electron chi connectivity index (χ0n) is 12.7. The molecule has 2 rings (SSSR count). The van der Waals surface area contributed by atoms with Gasteiger partial charge in [0.2, 0.25) is 0 Å². The molecular weight excluding hydrogens is 283 g/mol. The van der Waals surface area contributed by atoms with Crippen LogP contribution in [-0.2, 0) is 4.57 Å². The van der Waals surface area contributed by atoms with Gasteiger partial charge in [-0.1, -0.05) is 43.3 Å². The summed E-state index contributed by atoms with van der Waals surface area (Å²) in [6, 6.07) is 18.3. The summed E-state index contributed by atoms with van der Waals surface area (Å²) in [6.07, 6.45) is 0.684. The smallest absolute Gasteiger partial charge is 0.416 e.